The van der Waals surface area contributed by atoms with Gasteiger partial charge in [-0.2, -0.15) is 0 Å². The Labute approximate surface area is 110 Å². The molecule has 0 unspecified atom stereocenters. The highest BCUT2D eigenvalue weighted by molar-refractivity contribution is 6.33. The quantitative estimate of drug-likeness (QED) is 0.767. The van der Waals surface area contributed by atoms with Gasteiger partial charge in [0, 0.05) is 17.5 Å². The summed E-state index contributed by atoms with van der Waals surface area (Å²) in [4.78, 5) is 10.9. The molecule has 18 heavy (non-hydrogen) atoms. The number of hydrogen-bond acceptors (Lipinski definition) is 2. The molecule has 3 heteroatoms. The van der Waals surface area contributed by atoms with Crippen molar-refractivity contribution in [1.82, 2.24) is 0 Å². The van der Waals surface area contributed by atoms with Gasteiger partial charge >= 0.3 is 0 Å². The van der Waals surface area contributed by atoms with E-state index in [0.717, 1.165) is 36.2 Å². The summed E-state index contributed by atoms with van der Waals surface area (Å²) in [5.74, 6) is 0.927. The van der Waals surface area contributed by atoms with Crippen molar-refractivity contribution < 1.29 is 9.53 Å². The lowest BCUT2D eigenvalue weighted by Crippen LogP contribution is -1.90. The van der Waals surface area contributed by atoms with Crippen LogP contribution in [0.15, 0.2) is 36.4 Å². The van der Waals surface area contributed by atoms with Gasteiger partial charge in [0.2, 0.25) is 0 Å². The highest BCUT2D eigenvalue weighted by Gasteiger charge is 2.17. The molecule has 1 heterocycles. The Morgan fingerprint density at radius 1 is 1.22 bits per heavy atom. The molecule has 3 rings (SSSR count). The van der Waals surface area contributed by atoms with Crippen LogP contribution < -0.4 is 4.74 Å². The molecule has 0 radical (unpaired) electrons. The van der Waals surface area contributed by atoms with Gasteiger partial charge in [0.05, 0.1) is 11.6 Å². The summed E-state index contributed by atoms with van der Waals surface area (Å²) in [6, 6.07) is 11.5. The number of carbonyl (C=O) groups excluding carboxylic acids is 1. The number of hydrogen-bond donors (Lipinski definition) is 0. The van der Waals surface area contributed by atoms with E-state index in [1.165, 1.54) is 5.56 Å². The summed E-state index contributed by atoms with van der Waals surface area (Å²) in [5, 5.41) is 0.474. The summed E-state index contributed by atoms with van der Waals surface area (Å²) < 4.78 is 5.67. The Morgan fingerprint density at radius 2 is 2.11 bits per heavy atom. The van der Waals surface area contributed by atoms with Gasteiger partial charge in [-0.1, -0.05) is 35.9 Å². The Balaban J connectivity index is 2.16. The molecule has 0 fully saturated rings. The third-order valence-electron chi connectivity index (χ3n) is 3.15. The van der Waals surface area contributed by atoms with Gasteiger partial charge in [-0.15, -0.1) is 0 Å². The molecule has 90 valence electrons. The molecular weight excluding hydrogens is 248 g/mol. The zero-order valence-electron chi connectivity index (χ0n) is 9.65. The van der Waals surface area contributed by atoms with E-state index in [1.807, 2.05) is 18.2 Å². The summed E-state index contributed by atoms with van der Waals surface area (Å²) in [6.07, 6.45) is 1.72. The Hall–Kier alpha value is -1.80. The van der Waals surface area contributed by atoms with Crippen LogP contribution in [0.4, 0.5) is 0 Å². The summed E-state index contributed by atoms with van der Waals surface area (Å²) in [7, 11) is 0. The summed E-state index contributed by atoms with van der Waals surface area (Å²) in [6.45, 7) is 0.723. The minimum absolute atomic E-state index is 0.474. The van der Waals surface area contributed by atoms with Crippen LogP contribution in [-0.4, -0.2) is 12.9 Å². The second kappa shape index (κ2) is 4.46. The maximum Gasteiger partial charge on any atom is 0.151 e. The molecule has 1 aliphatic heterocycles. The van der Waals surface area contributed by atoms with Crippen LogP contribution in [0.1, 0.15) is 15.9 Å². The maximum absolute atomic E-state index is 10.9. The van der Waals surface area contributed by atoms with Crippen molar-refractivity contribution in [2.24, 2.45) is 0 Å². The SMILES string of the molecule is O=Cc1cc(-c2cccc3c2OCC3)ccc1Cl. The molecule has 2 aromatic rings. The molecule has 1 aliphatic rings. The van der Waals surface area contributed by atoms with E-state index in [-0.39, 0.29) is 0 Å². The Kier molecular flexibility index (Phi) is 2.80. The van der Waals surface area contributed by atoms with Gasteiger partial charge in [0.15, 0.2) is 6.29 Å². The second-order valence-corrected chi connectivity index (χ2v) is 4.65. The number of benzene rings is 2. The number of rotatable bonds is 2. The van der Waals surface area contributed by atoms with E-state index in [4.69, 9.17) is 16.3 Å². The number of carbonyl (C=O) groups is 1. The Bertz CT molecular complexity index is 620. The molecule has 2 nitrogen and oxygen atoms in total. The monoisotopic (exact) mass is 258 g/mol. The van der Waals surface area contributed by atoms with Crippen LogP contribution in [-0.2, 0) is 6.42 Å². The number of aldehydes is 1. The second-order valence-electron chi connectivity index (χ2n) is 4.25. The highest BCUT2D eigenvalue weighted by Crippen LogP contribution is 2.37. The van der Waals surface area contributed by atoms with Crippen LogP contribution in [0.5, 0.6) is 5.75 Å². The lowest BCUT2D eigenvalue weighted by Gasteiger charge is -2.09. The van der Waals surface area contributed by atoms with Crippen LogP contribution in [0, 0.1) is 0 Å². The van der Waals surface area contributed by atoms with E-state index in [2.05, 4.69) is 6.07 Å². The highest BCUT2D eigenvalue weighted by atomic mass is 35.5. The molecular formula is C15H11ClO2. The van der Waals surface area contributed by atoms with Crippen molar-refractivity contribution in [2.75, 3.05) is 6.61 Å². The van der Waals surface area contributed by atoms with Crippen LogP contribution in [0.25, 0.3) is 11.1 Å². The van der Waals surface area contributed by atoms with Crippen LogP contribution in [0.3, 0.4) is 0 Å². The van der Waals surface area contributed by atoms with Crippen molar-refractivity contribution >= 4 is 17.9 Å². The predicted octanol–water partition coefficient (Wildman–Crippen LogP) is 3.75. The Morgan fingerprint density at radius 3 is 2.94 bits per heavy atom. The minimum atomic E-state index is 0.474. The third kappa shape index (κ3) is 1.79. The van der Waals surface area contributed by atoms with Crippen molar-refractivity contribution in [3.05, 3.63) is 52.5 Å². The van der Waals surface area contributed by atoms with E-state index < -0.39 is 0 Å². The average Bonchev–Trinajstić information content (AvgIpc) is 2.87. The van der Waals surface area contributed by atoms with E-state index in [1.54, 1.807) is 12.1 Å². The summed E-state index contributed by atoms with van der Waals surface area (Å²) in [5.41, 5.74) is 3.70. The van der Waals surface area contributed by atoms with Crippen molar-refractivity contribution in [2.45, 2.75) is 6.42 Å². The maximum atomic E-state index is 10.9. The first-order valence-electron chi connectivity index (χ1n) is 5.79. The first kappa shape index (κ1) is 11.3. The van der Waals surface area contributed by atoms with Gasteiger partial charge in [0.25, 0.3) is 0 Å². The van der Waals surface area contributed by atoms with Gasteiger partial charge in [-0.3, -0.25) is 4.79 Å². The van der Waals surface area contributed by atoms with Crippen molar-refractivity contribution in [3.8, 4) is 16.9 Å². The van der Waals surface area contributed by atoms with Gasteiger partial charge < -0.3 is 4.74 Å². The number of ether oxygens (including phenoxy) is 1. The molecule has 0 atom stereocenters. The van der Waals surface area contributed by atoms with Crippen LogP contribution >= 0.6 is 11.6 Å². The molecule has 0 N–H and O–H groups in total. The smallest absolute Gasteiger partial charge is 0.151 e. The fourth-order valence-electron chi connectivity index (χ4n) is 2.24. The first-order valence-corrected chi connectivity index (χ1v) is 6.17. The minimum Gasteiger partial charge on any atom is -0.492 e. The number of halogens is 1. The largest absolute Gasteiger partial charge is 0.492 e. The molecule has 0 aliphatic carbocycles. The first-order chi connectivity index (χ1) is 8.79. The molecule has 0 aromatic heterocycles. The van der Waals surface area contributed by atoms with E-state index in [9.17, 15) is 4.79 Å². The fraction of sp³-hybridized carbons (Fsp3) is 0.133. The molecule has 0 spiro atoms. The van der Waals surface area contributed by atoms with Gasteiger partial charge in [0.1, 0.15) is 5.75 Å². The third-order valence-corrected chi connectivity index (χ3v) is 3.49. The molecule has 0 bridgehead atoms. The lowest BCUT2D eigenvalue weighted by molar-refractivity contribution is 0.112. The topological polar surface area (TPSA) is 26.3 Å². The molecule has 2 aromatic carbocycles. The van der Waals surface area contributed by atoms with Crippen molar-refractivity contribution in [1.29, 1.82) is 0 Å². The molecule has 0 saturated heterocycles. The number of fused-ring (bicyclic) bond motifs is 1. The normalized spacial score (nSPS) is 12.9. The van der Waals surface area contributed by atoms with Crippen LogP contribution in [0.2, 0.25) is 5.02 Å². The predicted molar refractivity (Wildman–Crippen MR) is 71.5 cm³/mol. The lowest BCUT2D eigenvalue weighted by atomic mass is 10.00. The van der Waals surface area contributed by atoms with Gasteiger partial charge in [-0.05, 0) is 23.3 Å². The zero-order valence-corrected chi connectivity index (χ0v) is 10.4. The zero-order chi connectivity index (χ0) is 12.5. The summed E-state index contributed by atoms with van der Waals surface area (Å²) >= 11 is 5.94. The van der Waals surface area contributed by atoms with Gasteiger partial charge in [-0.25, -0.2) is 0 Å². The standard InChI is InChI=1S/C15H11ClO2/c16-14-5-4-11(8-12(14)9-17)13-3-1-2-10-6-7-18-15(10)13/h1-5,8-9H,6-7H2. The fourth-order valence-corrected chi connectivity index (χ4v) is 2.41. The number of para-hydroxylation sites is 1. The van der Waals surface area contributed by atoms with Crippen molar-refractivity contribution in [3.63, 3.8) is 0 Å². The van der Waals surface area contributed by atoms with E-state index >= 15 is 0 Å². The molecule has 0 saturated carbocycles. The van der Waals surface area contributed by atoms with E-state index in [0.29, 0.717) is 10.6 Å². The average molecular weight is 259 g/mol. The molecule has 0 amide bonds.